The van der Waals surface area contributed by atoms with E-state index in [2.05, 4.69) is 10.00 Å². The van der Waals surface area contributed by atoms with E-state index in [1.54, 1.807) is 11.7 Å². The van der Waals surface area contributed by atoms with Crippen LogP contribution in [0.2, 0.25) is 5.15 Å². The Balaban J connectivity index is 2.13. The summed E-state index contributed by atoms with van der Waals surface area (Å²) >= 11 is 6.20. The highest BCUT2D eigenvalue weighted by Gasteiger charge is 2.29. The molecule has 108 valence electrons. The van der Waals surface area contributed by atoms with Gasteiger partial charge in [0.25, 0.3) is 0 Å². The van der Waals surface area contributed by atoms with Crippen molar-refractivity contribution in [1.82, 2.24) is 14.7 Å². The van der Waals surface area contributed by atoms with Crippen LogP contribution in [0.25, 0.3) is 0 Å². The molecule has 0 unspecified atom stereocenters. The summed E-state index contributed by atoms with van der Waals surface area (Å²) in [5, 5.41) is 10.0. The van der Waals surface area contributed by atoms with Crippen LogP contribution in [0.5, 0.6) is 0 Å². The van der Waals surface area contributed by atoms with E-state index >= 15 is 0 Å². The first-order valence-electron chi connectivity index (χ1n) is 6.20. The molecule has 1 saturated heterocycles. The van der Waals surface area contributed by atoms with Crippen LogP contribution in [0.3, 0.4) is 0 Å². The molecular weight excluding hydrogens is 288 g/mol. The van der Waals surface area contributed by atoms with Gasteiger partial charge in [-0.2, -0.15) is 5.10 Å². The first-order chi connectivity index (χ1) is 8.78. The molecule has 1 aromatic heterocycles. The van der Waals surface area contributed by atoms with Crippen molar-refractivity contribution in [3.63, 3.8) is 0 Å². The second kappa shape index (κ2) is 5.40. The molecule has 0 amide bonds. The van der Waals surface area contributed by atoms with Crippen LogP contribution in [0.4, 0.5) is 0 Å². The van der Waals surface area contributed by atoms with Gasteiger partial charge >= 0.3 is 0 Å². The van der Waals surface area contributed by atoms with Crippen LogP contribution < -0.4 is 5.14 Å². The minimum atomic E-state index is -3.44. The van der Waals surface area contributed by atoms with Gasteiger partial charge in [0.15, 0.2) is 0 Å². The predicted molar refractivity (Wildman–Crippen MR) is 74.4 cm³/mol. The van der Waals surface area contributed by atoms with Crippen LogP contribution in [0, 0.1) is 6.92 Å². The zero-order valence-electron chi connectivity index (χ0n) is 11.1. The molecular formula is C11H19ClN4O2S. The number of aromatic nitrogens is 2. The first-order valence-corrected chi connectivity index (χ1v) is 8.30. The summed E-state index contributed by atoms with van der Waals surface area (Å²) in [6, 6.07) is -0.0225. The van der Waals surface area contributed by atoms with E-state index in [9.17, 15) is 8.42 Å². The number of hydrogen-bond donors (Lipinski definition) is 1. The van der Waals surface area contributed by atoms with E-state index in [0.29, 0.717) is 11.7 Å². The maximum absolute atomic E-state index is 11.2. The molecule has 2 heterocycles. The van der Waals surface area contributed by atoms with Crippen LogP contribution in [-0.4, -0.2) is 41.4 Å². The average molecular weight is 307 g/mol. The van der Waals surface area contributed by atoms with E-state index in [1.165, 1.54) is 0 Å². The van der Waals surface area contributed by atoms with Gasteiger partial charge in [0.05, 0.1) is 11.4 Å². The van der Waals surface area contributed by atoms with Gasteiger partial charge in [-0.15, -0.1) is 0 Å². The van der Waals surface area contributed by atoms with Crippen LogP contribution in [0.1, 0.15) is 24.1 Å². The van der Waals surface area contributed by atoms with Crippen molar-refractivity contribution in [3.05, 3.63) is 16.4 Å². The Kier molecular flexibility index (Phi) is 4.20. The Hall–Kier alpha value is -0.630. The highest BCUT2D eigenvalue weighted by molar-refractivity contribution is 7.89. The van der Waals surface area contributed by atoms with Crippen LogP contribution >= 0.6 is 11.6 Å². The third-order valence-corrected chi connectivity index (χ3v) is 4.88. The van der Waals surface area contributed by atoms with E-state index in [-0.39, 0.29) is 11.8 Å². The quantitative estimate of drug-likeness (QED) is 0.885. The lowest BCUT2D eigenvalue weighted by Gasteiger charge is -2.23. The number of sulfonamides is 1. The molecule has 0 bridgehead atoms. The van der Waals surface area contributed by atoms with E-state index in [4.69, 9.17) is 16.7 Å². The fraction of sp³-hybridized carbons (Fsp3) is 0.727. The number of aryl methyl sites for hydroxylation is 2. The van der Waals surface area contributed by atoms with Crippen molar-refractivity contribution in [1.29, 1.82) is 0 Å². The molecule has 0 aliphatic carbocycles. The number of nitrogens with zero attached hydrogens (tertiary/aromatic N) is 3. The third kappa shape index (κ3) is 3.47. The fourth-order valence-electron chi connectivity index (χ4n) is 2.62. The van der Waals surface area contributed by atoms with Gasteiger partial charge in [0, 0.05) is 25.2 Å². The highest BCUT2D eigenvalue weighted by Crippen LogP contribution is 2.25. The first kappa shape index (κ1) is 14.8. The smallest absolute Gasteiger partial charge is 0.210 e. The summed E-state index contributed by atoms with van der Waals surface area (Å²) in [5.41, 5.74) is 1.85. The Morgan fingerprint density at radius 1 is 1.53 bits per heavy atom. The number of hydrogen-bond acceptors (Lipinski definition) is 4. The zero-order valence-corrected chi connectivity index (χ0v) is 12.7. The summed E-state index contributed by atoms with van der Waals surface area (Å²) in [4.78, 5) is 2.13. The molecule has 0 aromatic carbocycles. The summed E-state index contributed by atoms with van der Waals surface area (Å²) in [7, 11) is -1.65. The van der Waals surface area contributed by atoms with Gasteiger partial charge in [-0.3, -0.25) is 9.58 Å². The lowest BCUT2D eigenvalue weighted by Crippen LogP contribution is -2.37. The maximum Gasteiger partial charge on any atom is 0.210 e. The lowest BCUT2D eigenvalue weighted by molar-refractivity contribution is 0.261. The molecule has 1 fully saturated rings. The van der Waals surface area contributed by atoms with Crippen molar-refractivity contribution < 1.29 is 8.42 Å². The largest absolute Gasteiger partial charge is 0.295 e. The van der Waals surface area contributed by atoms with Crippen molar-refractivity contribution in [2.24, 2.45) is 12.2 Å². The lowest BCUT2D eigenvalue weighted by atomic mass is 10.2. The van der Waals surface area contributed by atoms with Gasteiger partial charge < -0.3 is 0 Å². The molecule has 19 heavy (non-hydrogen) atoms. The molecule has 0 radical (unpaired) electrons. The SMILES string of the molecule is Cc1nn(C)c(Cl)c1CN1CCC[C@H]1CS(N)(=O)=O. The van der Waals surface area contributed by atoms with Crippen molar-refractivity contribution >= 4 is 21.6 Å². The fourth-order valence-corrected chi connectivity index (χ4v) is 3.76. The Morgan fingerprint density at radius 3 is 2.74 bits per heavy atom. The van der Waals surface area contributed by atoms with E-state index in [0.717, 1.165) is 30.6 Å². The number of likely N-dealkylation sites (tertiary alicyclic amines) is 1. The van der Waals surface area contributed by atoms with E-state index in [1.807, 2.05) is 6.92 Å². The number of rotatable bonds is 4. The topological polar surface area (TPSA) is 81.2 Å². The second-order valence-electron chi connectivity index (χ2n) is 5.07. The average Bonchev–Trinajstić information content (AvgIpc) is 2.78. The Morgan fingerprint density at radius 2 is 2.21 bits per heavy atom. The monoisotopic (exact) mass is 306 g/mol. The zero-order chi connectivity index (χ0) is 14.2. The summed E-state index contributed by atoms with van der Waals surface area (Å²) in [6.45, 7) is 3.40. The summed E-state index contributed by atoms with van der Waals surface area (Å²) in [6.07, 6.45) is 1.84. The molecule has 6 nitrogen and oxygen atoms in total. The van der Waals surface area contributed by atoms with Gasteiger partial charge in [-0.1, -0.05) is 11.6 Å². The minimum absolute atomic E-state index is 0.00390. The maximum atomic E-state index is 11.2. The molecule has 2 rings (SSSR count). The van der Waals surface area contributed by atoms with Gasteiger partial charge in [0.2, 0.25) is 10.0 Å². The van der Waals surface area contributed by atoms with Gasteiger partial charge in [0.1, 0.15) is 5.15 Å². The molecule has 0 spiro atoms. The van der Waals surface area contributed by atoms with Crippen LogP contribution in [-0.2, 0) is 23.6 Å². The molecule has 1 aliphatic heterocycles. The van der Waals surface area contributed by atoms with Gasteiger partial charge in [-0.05, 0) is 26.3 Å². The minimum Gasteiger partial charge on any atom is -0.295 e. The number of nitrogens with two attached hydrogens (primary N) is 1. The Bertz CT molecular complexity index is 569. The molecule has 1 atom stereocenters. The van der Waals surface area contributed by atoms with Crippen molar-refractivity contribution in [2.45, 2.75) is 32.4 Å². The second-order valence-corrected chi connectivity index (χ2v) is 7.09. The third-order valence-electron chi connectivity index (χ3n) is 3.55. The highest BCUT2D eigenvalue weighted by atomic mass is 35.5. The van der Waals surface area contributed by atoms with Crippen molar-refractivity contribution in [2.75, 3.05) is 12.3 Å². The number of halogens is 1. The standard InChI is InChI=1S/C11H19ClN4O2S/c1-8-10(11(12)15(2)14-8)6-16-5-3-4-9(16)7-19(13,17)18/h9H,3-7H2,1-2H3,(H2,13,17,18)/t9-/m0/s1. The summed E-state index contributed by atoms with van der Waals surface area (Å²) < 4.78 is 24.1. The molecule has 2 N–H and O–H groups in total. The predicted octanol–water partition coefficient (Wildman–Crippen LogP) is 0.635. The van der Waals surface area contributed by atoms with E-state index < -0.39 is 10.0 Å². The molecule has 1 aromatic rings. The van der Waals surface area contributed by atoms with Crippen molar-refractivity contribution in [3.8, 4) is 0 Å². The van der Waals surface area contributed by atoms with Crippen LogP contribution in [0.15, 0.2) is 0 Å². The van der Waals surface area contributed by atoms with Gasteiger partial charge in [-0.25, -0.2) is 13.6 Å². The summed E-state index contributed by atoms with van der Waals surface area (Å²) in [5.74, 6) is 0.00390. The normalized spacial score (nSPS) is 21.2. The molecule has 0 saturated carbocycles. The number of primary sulfonamides is 1. The Labute approximate surface area is 118 Å². The molecule has 8 heteroatoms. The molecule has 1 aliphatic rings.